The molecule has 4 heteroatoms. The molecule has 2 N–H and O–H groups in total. The molecule has 0 heterocycles. The largest absolute Gasteiger partial charge is 0.497 e. The van der Waals surface area contributed by atoms with Crippen LogP contribution >= 0.6 is 0 Å². The topological polar surface area (TPSA) is 50.4 Å². The van der Waals surface area contributed by atoms with E-state index in [1.807, 2.05) is 24.3 Å². The normalized spacial score (nSPS) is 15.7. The molecule has 0 spiro atoms. The minimum Gasteiger partial charge on any atom is -0.497 e. The van der Waals surface area contributed by atoms with Crippen molar-refractivity contribution in [3.8, 4) is 5.75 Å². The summed E-state index contributed by atoms with van der Waals surface area (Å²) in [6.45, 7) is 3.01. The third-order valence-corrected chi connectivity index (χ3v) is 4.19. The van der Waals surface area contributed by atoms with E-state index in [2.05, 4.69) is 23.6 Å². The van der Waals surface area contributed by atoms with Crippen LogP contribution in [0, 0.1) is 0 Å². The molecule has 1 aromatic carbocycles. The van der Waals surface area contributed by atoms with Crippen molar-refractivity contribution < 1.29 is 9.53 Å². The van der Waals surface area contributed by atoms with Gasteiger partial charge in [-0.1, -0.05) is 11.6 Å². The van der Waals surface area contributed by atoms with E-state index >= 15 is 0 Å². The van der Waals surface area contributed by atoms with E-state index in [0.717, 1.165) is 24.4 Å². The fourth-order valence-electron chi connectivity index (χ4n) is 2.85. The van der Waals surface area contributed by atoms with Crippen LogP contribution in [0.3, 0.4) is 0 Å². The van der Waals surface area contributed by atoms with Crippen LogP contribution in [0.2, 0.25) is 0 Å². The van der Waals surface area contributed by atoms with Gasteiger partial charge in [-0.3, -0.25) is 4.79 Å². The Morgan fingerprint density at radius 1 is 1.26 bits per heavy atom. The highest BCUT2D eigenvalue weighted by Crippen LogP contribution is 2.19. The number of rotatable bonds is 8. The molecule has 0 fully saturated rings. The van der Waals surface area contributed by atoms with E-state index < -0.39 is 0 Å². The Morgan fingerprint density at radius 2 is 2.04 bits per heavy atom. The second-order valence-electron chi connectivity index (χ2n) is 6.19. The van der Waals surface area contributed by atoms with Crippen molar-refractivity contribution in [1.82, 2.24) is 5.32 Å². The fraction of sp³-hybridized carbons (Fsp3) is 0.526. The molecule has 126 valence electrons. The maximum atomic E-state index is 12.0. The average Bonchev–Trinajstić information content (AvgIpc) is 2.56. The van der Waals surface area contributed by atoms with Gasteiger partial charge < -0.3 is 15.4 Å². The van der Waals surface area contributed by atoms with Gasteiger partial charge in [0, 0.05) is 18.2 Å². The predicted molar refractivity (Wildman–Crippen MR) is 94.9 cm³/mol. The summed E-state index contributed by atoms with van der Waals surface area (Å²) in [5.74, 6) is 0.821. The number of amides is 1. The van der Waals surface area contributed by atoms with E-state index in [-0.39, 0.29) is 11.9 Å². The number of carbonyl (C=O) groups is 1. The first-order valence-corrected chi connectivity index (χ1v) is 8.52. The molecule has 0 saturated carbocycles. The third-order valence-electron chi connectivity index (χ3n) is 4.19. The average molecular weight is 316 g/mol. The minimum absolute atomic E-state index is 0.0343. The van der Waals surface area contributed by atoms with Gasteiger partial charge in [-0.05, 0) is 69.8 Å². The summed E-state index contributed by atoms with van der Waals surface area (Å²) in [6, 6.07) is 7.57. The van der Waals surface area contributed by atoms with Crippen LogP contribution in [0.15, 0.2) is 35.9 Å². The number of allylic oxidation sites excluding steroid dienone is 1. The summed E-state index contributed by atoms with van der Waals surface area (Å²) in [5, 5.41) is 6.36. The van der Waals surface area contributed by atoms with E-state index in [9.17, 15) is 4.79 Å². The Labute approximate surface area is 139 Å². The van der Waals surface area contributed by atoms with E-state index in [4.69, 9.17) is 4.74 Å². The van der Waals surface area contributed by atoms with Gasteiger partial charge in [-0.15, -0.1) is 0 Å². The molecular formula is C19H28N2O2. The zero-order valence-corrected chi connectivity index (χ0v) is 14.2. The van der Waals surface area contributed by atoms with Gasteiger partial charge in [-0.25, -0.2) is 0 Å². The SMILES string of the molecule is COc1ccc(NC(=O)CC(C)NCCC2=CCCCC2)cc1. The maximum Gasteiger partial charge on any atom is 0.225 e. The lowest BCUT2D eigenvalue weighted by atomic mass is 9.97. The number of methoxy groups -OCH3 is 1. The number of ether oxygens (including phenoxy) is 1. The standard InChI is InChI=1S/C19H28N2O2/c1-15(20-13-12-16-6-4-3-5-7-16)14-19(22)21-17-8-10-18(23-2)11-9-17/h6,8-11,15,20H,3-5,7,12-14H2,1-2H3,(H,21,22). The second kappa shape index (κ2) is 9.36. The van der Waals surface area contributed by atoms with Crippen LogP contribution in [-0.2, 0) is 4.79 Å². The smallest absolute Gasteiger partial charge is 0.225 e. The predicted octanol–water partition coefficient (Wildman–Crippen LogP) is 3.89. The quantitative estimate of drug-likeness (QED) is 0.715. The van der Waals surface area contributed by atoms with Gasteiger partial charge >= 0.3 is 0 Å². The zero-order valence-electron chi connectivity index (χ0n) is 14.2. The number of anilines is 1. The molecule has 1 atom stereocenters. The summed E-state index contributed by atoms with van der Waals surface area (Å²) in [7, 11) is 1.63. The Morgan fingerprint density at radius 3 is 2.70 bits per heavy atom. The molecule has 23 heavy (non-hydrogen) atoms. The molecule has 0 radical (unpaired) electrons. The lowest BCUT2D eigenvalue weighted by Gasteiger charge is -2.16. The molecule has 1 aliphatic rings. The Bertz CT molecular complexity index is 523. The van der Waals surface area contributed by atoms with Crippen LogP contribution in [0.1, 0.15) is 45.4 Å². The van der Waals surface area contributed by atoms with Crippen LogP contribution in [0.25, 0.3) is 0 Å². The lowest BCUT2D eigenvalue weighted by Crippen LogP contribution is -2.31. The number of hydrogen-bond donors (Lipinski definition) is 2. The number of hydrogen-bond acceptors (Lipinski definition) is 3. The first kappa shape index (κ1) is 17.5. The second-order valence-corrected chi connectivity index (χ2v) is 6.19. The summed E-state index contributed by atoms with van der Waals surface area (Å²) < 4.78 is 5.11. The van der Waals surface area contributed by atoms with Crippen molar-refractivity contribution >= 4 is 11.6 Å². The molecule has 1 aromatic rings. The number of benzene rings is 1. The van der Waals surface area contributed by atoms with Gasteiger partial charge in [0.25, 0.3) is 0 Å². The van der Waals surface area contributed by atoms with Gasteiger partial charge in [0.05, 0.1) is 7.11 Å². The van der Waals surface area contributed by atoms with Crippen molar-refractivity contribution in [3.05, 3.63) is 35.9 Å². The van der Waals surface area contributed by atoms with Crippen molar-refractivity contribution in [2.24, 2.45) is 0 Å². The molecule has 2 rings (SSSR count). The van der Waals surface area contributed by atoms with Crippen molar-refractivity contribution in [1.29, 1.82) is 0 Å². The van der Waals surface area contributed by atoms with Gasteiger partial charge in [0.2, 0.25) is 5.91 Å². The summed E-state index contributed by atoms with van der Waals surface area (Å²) in [6.07, 6.45) is 9.09. The lowest BCUT2D eigenvalue weighted by molar-refractivity contribution is -0.116. The molecule has 0 aromatic heterocycles. The molecule has 0 saturated heterocycles. The highest BCUT2D eigenvalue weighted by atomic mass is 16.5. The van der Waals surface area contributed by atoms with E-state index in [0.29, 0.717) is 6.42 Å². The monoisotopic (exact) mass is 316 g/mol. The highest BCUT2D eigenvalue weighted by molar-refractivity contribution is 5.91. The first-order valence-electron chi connectivity index (χ1n) is 8.52. The van der Waals surface area contributed by atoms with Gasteiger partial charge in [0.15, 0.2) is 0 Å². The molecule has 4 nitrogen and oxygen atoms in total. The van der Waals surface area contributed by atoms with E-state index in [1.165, 1.54) is 25.7 Å². The third kappa shape index (κ3) is 6.45. The Kier molecular flexibility index (Phi) is 7.14. The van der Waals surface area contributed by atoms with Crippen LogP contribution in [0.5, 0.6) is 5.75 Å². The van der Waals surface area contributed by atoms with Crippen molar-refractivity contribution in [3.63, 3.8) is 0 Å². The Balaban J connectivity index is 1.66. The van der Waals surface area contributed by atoms with Crippen LogP contribution in [0.4, 0.5) is 5.69 Å². The van der Waals surface area contributed by atoms with Crippen molar-refractivity contribution in [2.75, 3.05) is 19.0 Å². The molecule has 1 unspecified atom stereocenters. The molecule has 0 aliphatic heterocycles. The fourth-order valence-corrected chi connectivity index (χ4v) is 2.85. The first-order chi connectivity index (χ1) is 11.2. The van der Waals surface area contributed by atoms with Crippen LogP contribution < -0.4 is 15.4 Å². The van der Waals surface area contributed by atoms with Gasteiger partial charge in [-0.2, -0.15) is 0 Å². The molecule has 1 aliphatic carbocycles. The Hall–Kier alpha value is -1.81. The summed E-state index contributed by atoms with van der Waals surface area (Å²) in [4.78, 5) is 12.0. The van der Waals surface area contributed by atoms with E-state index in [1.54, 1.807) is 12.7 Å². The van der Waals surface area contributed by atoms with Gasteiger partial charge in [0.1, 0.15) is 5.75 Å². The summed E-state index contributed by atoms with van der Waals surface area (Å²) in [5.41, 5.74) is 2.37. The maximum absolute atomic E-state index is 12.0. The minimum atomic E-state index is 0.0343. The molecule has 1 amide bonds. The zero-order chi connectivity index (χ0) is 16.5. The highest BCUT2D eigenvalue weighted by Gasteiger charge is 2.10. The number of nitrogens with one attached hydrogen (secondary N) is 2. The van der Waals surface area contributed by atoms with Crippen LogP contribution in [-0.4, -0.2) is 25.6 Å². The molecular weight excluding hydrogens is 288 g/mol. The summed E-state index contributed by atoms with van der Waals surface area (Å²) >= 11 is 0. The van der Waals surface area contributed by atoms with Crippen molar-refractivity contribution in [2.45, 2.75) is 51.5 Å². The number of carbonyl (C=O) groups excluding carboxylic acids is 1. The molecule has 0 bridgehead atoms.